The quantitative estimate of drug-likeness (QED) is 0.748. The SMILES string of the molecule is COCCc1cc(Br)sc1C1(N2CCN(C#N)CC2)CC1. The van der Waals surface area contributed by atoms with Crippen LogP contribution in [0.4, 0.5) is 0 Å². The van der Waals surface area contributed by atoms with Crippen molar-refractivity contribution in [3.63, 3.8) is 0 Å². The van der Waals surface area contributed by atoms with Crippen molar-refractivity contribution < 1.29 is 4.74 Å². The van der Waals surface area contributed by atoms with E-state index in [1.54, 1.807) is 7.11 Å². The van der Waals surface area contributed by atoms with Crippen LogP contribution in [0.15, 0.2) is 9.85 Å². The highest BCUT2D eigenvalue weighted by atomic mass is 79.9. The number of piperazine rings is 1. The lowest BCUT2D eigenvalue weighted by molar-refractivity contribution is 0.112. The van der Waals surface area contributed by atoms with E-state index < -0.39 is 0 Å². The number of nitrogens with zero attached hydrogens (tertiary/aromatic N) is 3. The van der Waals surface area contributed by atoms with Crippen molar-refractivity contribution in [2.45, 2.75) is 24.8 Å². The van der Waals surface area contributed by atoms with Crippen LogP contribution in [0.2, 0.25) is 0 Å². The second kappa shape index (κ2) is 6.25. The zero-order chi connectivity index (χ0) is 14.9. The Kier molecular flexibility index (Phi) is 4.55. The summed E-state index contributed by atoms with van der Waals surface area (Å²) in [5.41, 5.74) is 1.66. The highest BCUT2D eigenvalue weighted by Crippen LogP contribution is 2.55. The Morgan fingerprint density at radius 2 is 2.10 bits per heavy atom. The van der Waals surface area contributed by atoms with Gasteiger partial charge in [-0.3, -0.25) is 4.90 Å². The predicted molar refractivity (Wildman–Crippen MR) is 87.3 cm³/mol. The fourth-order valence-corrected chi connectivity index (χ4v) is 5.20. The van der Waals surface area contributed by atoms with E-state index >= 15 is 0 Å². The molecular formula is C15H20BrN3OS. The van der Waals surface area contributed by atoms with Crippen LogP contribution in [-0.2, 0) is 16.7 Å². The van der Waals surface area contributed by atoms with E-state index in [0.717, 1.165) is 39.2 Å². The molecule has 0 aromatic carbocycles. The molecule has 0 amide bonds. The van der Waals surface area contributed by atoms with Gasteiger partial charge in [-0.05, 0) is 46.8 Å². The summed E-state index contributed by atoms with van der Waals surface area (Å²) in [5.74, 6) is 0. The van der Waals surface area contributed by atoms with Gasteiger partial charge in [-0.1, -0.05) is 0 Å². The van der Waals surface area contributed by atoms with Crippen LogP contribution in [0.25, 0.3) is 0 Å². The summed E-state index contributed by atoms with van der Waals surface area (Å²) >= 11 is 5.52. The van der Waals surface area contributed by atoms with Gasteiger partial charge in [-0.15, -0.1) is 11.3 Å². The van der Waals surface area contributed by atoms with Crippen LogP contribution in [0.3, 0.4) is 0 Å². The molecule has 2 fully saturated rings. The summed E-state index contributed by atoms with van der Waals surface area (Å²) in [4.78, 5) is 5.97. The molecule has 1 aliphatic heterocycles. The minimum Gasteiger partial charge on any atom is -0.384 e. The van der Waals surface area contributed by atoms with Gasteiger partial charge in [-0.2, -0.15) is 5.26 Å². The van der Waals surface area contributed by atoms with Crippen LogP contribution in [0.5, 0.6) is 0 Å². The lowest BCUT2D eigenvalue weighted by atomic mass is 10.0. The maximum Gasteiger partial charge on any atom is 0.179 e. The maximum atomic E-state index is 9.00. The molecule has 21 heavy (non-hydrogen) atoms. The highest BCUT2D eigenvalue weighted by molar-refractivity contribution is 9.11. The largest absolute Gasteiger partial charge is 0.384 e. The van der Waals surface area contributed by atoms with Crippen molar-refractivity contribution in [1.82, 2.24) is 9.80 Å². The predicted octanol–water partition coefficient (Wildman–Crippen LogP) is 2.79. The van der Waals surface area contributed by atoms with Crippen LogP contribution in [0, 0.1) is 11.5 Å². The number of ether oxygens (including phenoxy) is 1. The zero-order valence-corrected chi connectivity index (χ0v) is 14.7. The number of hydrogen-bond donors (Lipinski definition) is 0. The Labute approximate surface area is 138 Å². The van der Waals surface area contributed by atoms with E-state index in [1.165, 1.54) is 27.1 Å². The van der Waals surface area contributed by atoms with Gasteiger partial charge < -0.3 is 9.64 Å². The first-order valence-corrected chi connectivity index (χ1v) is 8.98. The second-order valence-corrected chi connectivity index (χ2v) is 8.18. The molecule has 0 N–H and O–H groups in total. The van der Waals surface area contributed by atoms with Crippen molar-refractivity contribution in [2.75, 3.05) is 39.9 Å². The standard InChI is InChI=1S/C15H20BrN3OS/c1-20-9-2-12-10-13(16)21-14(12)15(3-4-15)19-7-5-18(11-17)6-8-19/h10H,2-9H2,1H3. The molecular weight excluding hydrogens is 350 g/mol. The number of halogens is 1. The summed E-state index contributed by atoms with van der Waals surface area (Å²) in [5, 5.41) is 9.00. The van der Waals surface area contributed by atoms with E-state index in [0.29, 0.717) is 0 Å². The van der Waals surface area contributed by atoms with E-state index in [4.69, 9.17) is 10.00 Å². The third-order valence-corrected chi connectivity index (χ3v) is 6.40. The monoisotopic (exact) mass is 369 g/mol. The molecule has 1 aromatic heterocycles. The van der Waals surface area contributed by atoms with Crippen LogP contribution >= 0.6 is 27.3 Å². The zero-order valence-electron chi connectivity index (χ0n) is 12.3. The van der Waals surface area contributed by atoms with Gasteiger partial charge in [0.2, 0.25) is 0 Å². The molecule has 6 heteroatoms. The molecule has 1 saturated carbocycles. The Hall–Kier alpha value is -0.610. The number of methoxy groups -OCH3 is 1. The van der Waals surface area contributed by atoms with Gasteiger partial charge in [-0.25, -0.2) is 0 Å². The molecule has 2 heterocycles. The lowest BCUT2D eigenvalue weighted by Gasteiger charge is -2.38. The molecule has 0 atom stereocenters. The average molecular weight is 370 g/mol. The molecule has 0 unspecified atom stereocenters. The fraction of sp³-hybridized carbons (Fsp3) is 0.667. The van der Waals surface area contributed by atoms with Crippen molar-refractivity contribution >= 4 is 27.3 Å². The number of hydrogen-bond acceptors (Lipinski definition) is 5. The summed E-state index contributed by atoms with van der Waals surface area (Å²) < 4.78 is 6.46. The maximum absolute atomic E-state index is 9.00. The van der Waals surface area contributed by atoms with Crippen molar-refractivity contribution in [3.8, 4) is 6.19 Å². The average Bonchev–Trinajstić information content (AvgIpc) is 3.23. The minimum absolute atomic E-state index is 0.237. The Morgan fingerprint density at radius 1 is 1.38 bits per heavy atom. The van der Waals surface area contributed by atoms with Crippen LogP contribution in [-0.4, -0.2) is 49.7 Å². The van der Waals surface area contributed by atoms with Gasteiger partial charge in [0.05, 0.1) is 15.9 Å². The van der Waals surface area contributed by atoms with Crippen LogP contribution < -0.4 is 0 Å². The minimum atomic E-state index is 0.237. The number of nitriles is 1. The molecule has 0 spiro atoms. The topological polar surface area (TPSA) is 39.5 Å². The molecule has 1 aliphatic carbocycles. The molecule has 2 aliphatic rings. The third-order valence-electron chi connectivity index (χ3n) is 4.53. The Morgan fingerprint density at radius 3 is 2.67 bits per heavy atom. The van der Waals surface area contributed by atoms with E-state index in [1.807, 2.05) is 16.2 Å². The van der Waals surface area contributed by atoms with Crippen molar-refractivity contribution in [1.29, 1.82) is 5.26 Å². The van der Waals surface area contributed by atoms with Gasteiger partial charge in [0, 0.05) is 38.2 Å². The first kappa shape index (κ1) is 15.3. The van der Waals surface area contributed by atoms with Gasteiger partial charge >= 0.3 is 0 Å². The van der Waals surface area contributed by atoms with E-state index in [9.17, 15) is 0 Å². The van der Waals surface area contributed by atoms with E-state index in [2.05, 4.69) is 33.1 Å². The van der Waals surface area contributed by atoms with E-state index in [-0.39, 0.29) is 5.54 Å². The lowest BCUT2D eigenvalue weighted by Crippen LogP contribution is -2.49. The van der Waals surface area contributed by atoms with Gasteiger partial charge in [0.1, 0.15) is 0 Å². The smallest absolute Gasteiger partial charge is 0.179 e. The normalized spacial score (nSPS) is 21.3. The molecule has 0 bridgehead atoms. The Bertz CT molecular complexity index is 542. The highest BCUT2D eigenvalue weighted by Gasteiger charge is 2.51. The first-order chi connectivity index (χ1) is 10.2. The van der Waals surface area contributed by atoms with Crippen molar-refractivity contribution in [2.24, 2.45) is 0 Å². The first-order valence-electron chi connectivity index (χ1n) is 7.37. The molecule has 1 saturated heterocycles. The fourth-order valence-electron chi connectivity index (χ4n) is 3.23. The third kappa shape index (κ3) is 2.98. The summed E-state index contributed by atoms with van der Waals surface area (Å²) in [6.45, 7) is 4.48. The molecule has 0 radical (unpaired) electrons. The second-order valence-electron chi connectivity index (χ2n) is 5.75. The van der Waals surface area contributed by atoms with Gasteiger partial charge in [0.15, 0.2) is 6.19 Å². The summed E-state index contributed by atoms with van der Waals surface area (Å²) in [6.07, 6.45) is 5.73. The van der Waals surface area contributed by atoms with Crippen LogP contribution in [0.1, 0.15) is 23.3 Å². The van der Waals surface area contributed by atoms with Crippen molar-refractivity contribution in [3.05, 3.63) is 20.3 Å². The summed E-state index contributed by atoms with van der Waals surface area (Å²) in [7, 11) is 1.76. The molecule has 114 valence electrons. The Balaban J connectivity index is 1.78. The molecule has 3 rings (SSSR count). The summed E-state index contributed by atoms with van der Waals surface area (Å²) in [6, 6.07) is 2.25. The van der Waals surface area contributed by atoms with Gasteiger partial charge in [0.25, 0.3) is 0 Å². The number of thiophene rings is 1. The number of rotatable bonds is 5. The molecule has 4 nitrogen and oxygen atoms in total. The molecule has 1 aromatic rings.